The van der Waals surface area contributed by atoms with Crippen LogP contribution in [0.2, 0.25) is 0 Å². The molecule has 2 fully saturated rings. The number of aliphatic imine (C=N–C) groups is 1. The summed E-state index contributed by atoms with van der Waals surface area (Å²) in [6.45, 7) is 6.31. The van der Waals surface area contributed by atoms with Gasteiger partial charge < -0.3 is 19.7 Å². The Balaban J connectivity index is 0.00000243. The van der Waals surface area contributed by atoms with Crippen molar-refractivity contribution in [1.82, 2.24) is 10.2 Å². The van der Waals surface area contributed by atoms with E-state index in [1.807, 2.05) is 19.2 Å². The molecule has 3 atom stereocenters. The van der Waals surface area contributed by atoms with E-state index in [1.165, 1.54) is 12.0 Å². The summed E-state index contributed by atoms with van der Waals surface area (Å²) in [4.78, 5) is 6.68. The number of methoxy groups -OCH3 is 1. The van der Waals surface area contributed by atoms with E-state index in [0.29, 0.717) is 18.1 Å². The highest BCUT2D eigenvalue weighted by Gasteiger charge is 2.58. The van der Waals surface area contributed by atoms with Crippen molar-refractivity contribution in [3.8, 4) is 5.75 Å². The van der Waals surface area contributed by atoms with Gasteiger partial charge in [0.1, 0.15) is 5.75 Å². The normalized spacial score (nSPS) is 26.8. The minimum absolute atomic E-state index is 0. The molecule has 0 aromatic heterocycles. The number of rotatable bonds is 4. The van der Waals surface area contributed by atoms with E-state index in [1.54, 1.807) is 7.11 Å². The monoisotopic (exact) mass is 473 g/mol. The molecule has 146 valence electrons. The van der Waals surface area contributed by atoms with Crippen LogP contribution in [0.15, 0.2) is 29.3 Å². The van der Waals surface area contributed by atoms with Crippen LogP contribution < -0.4 is 10.1 Å². The molecule has 1 saturated carbocycles. The summed E-state index contributed by atoms with van der Waals surface area (Å²) < 4.78 is 11.2. The molecule has 1 aliphatic heterocycles. The lowest BCUT2D eigenvalue weighted by atomic mass is 9.55. The number of nitrogens with zero attached hydrogens (tertiary/aromatic N) is 2. The average molecular weight is 473 g/mol. The summed E-state index contributed by atoms with van der Waals surface area (Å²) in [7, 11) is 5.63. The number of fused-ring (bicyclic) bond motifs is 1. The first kappa shape index (κ1) is 21.3. The van der Waals surface area contributed by atoms with Gasteiger partial charge in [-0.2, -0.15) is 0 Å². The van der Waals surface area contributed by atoms with Gasteiger partial charge in [0.05, 0.1) is 13.2 Å². The summed E-state index contributed by atoms with van der Waals surface area (Å²) in [6.07, 6.45) is 2.78. The van der Waals surface area contributed by atoms with Crippen molar-refractivity contribution in [1.29, 1.82) is 0 Å². The maximum Gasteiger partial charge on any atom is 0.193 e. The Labute approximate surface area is 174 Å². The second-order valence-electron chi connectivity index (χ2n) is 7.79. The highest BCUT2D eigenvalue weighted by molar-refractivity contribution is 14.0. The molecule has 1 aliphatic carbocycles. The van der Waals surface area contributed by atoms with E-state index in [-0.39, 0.29) is 29.4 Å². The van der Waals surface area contributed by atoms with E-state index in [9.17, 15) is 0 Å². The zero-order valence-electron chi connectivity index (χ0n) is 16.5. The van der Waals surface area contributed by atoms with E-state index in [2.05, 4.69) is 48.2 Å². The molecule has 1 N–H and O–H groups in total. The Morgan fingerprint density at radius 3 is 2.65 bits per heavy atom. The molecule has 0 spiro atoms. The maximum absolute atomic E-state index is 6.01. The first-order valence-electron chi connectivity index (χ1n) is 9.16. The fourth-order valence-electron chi connectivity index (χ4n) is 4.38. The van der Waals surface area contributed by atoms with Crippen molar-refractivity contribution in [2.45, 2.75) is 45.4 Å². The van der Waals surface area contributed by atoms with Gasteiger partial charge in [-0.25, -0.2) is 0 Å². The van der Waals surface area contributed by atoms with Crippen LogP contribution in [0, 0.1) is 11.3 Å². The molecule has 0 amide bonds. The summed E-state index contributed by atoms with van der Waals surface area (Å²) in [5.41, 5.74) is 1.38. The molecule has 2 aliphatic rings. The van der Waals surface area contributed by atoms with Crippen LogP contribution in [0.25, 0.3) is 0 Å². The molecular formula is C20H32IN3O2. The zero-order chi connectivity index (χ0) is 18.0. The Morgan fingerprint density at radius 2 is 2.04 bits per heavy atom. The topological polar surface area (TPSA) is 46.1 Å². The summed E-state index contributed by atoms with van der Waals surface area (Å²) in [6, 6.07) is 8.60. The van der Waals surface area contributed by atoms with Crippen LogP contribution in [-0.2, 0) is 11.3 Å². The highest BCUT2D eigenvalue weighted by Crippen LogP contribution is 2.51. The third kappa shape index (κ3) is 4.11. The molecule has 0 radical (unpaired) electrons. The van der Waals surface area contributed by atoms with Gasteiger partial charge in [-0.15, -0.1) is 24.0 Å². The molecule has 0 bridgehead atoms. The maximum atomic E-state index is 6.01. The predicted molar refractivity (Wildman–Crippen MR) is 116 cm³/mol. The fraction of sp³-hybridized carbons (Fsp3) is 0.650. The molecular weight excluding hydrogens is 441 g/mol. The Bertz CT molecular complexity index is 618. The summed E-state index contributed by atoms with van der Waals surface area (Å²) >= 11 is 0. The molecule has 3 unspecified atom stereocenters. The highest BCUT2D eigenvalue weighted by atomic mass is 127. The van der Waals surface area contributed by atoms with Gasteiger partial charge in [0.2, 0.25) is 0 Å². The lowest BCUT2D eigenvalue weighted by molar-refractivity contribution is -0.188. The van der Waals surface area contributed by atoms with E-state index in [0.717, 1.165) is 31.3 Å². The van der Waals surface area contributed by atoms with Crippen molar-refractivity contribution in [2.24, 2.45) is 16.3 Å². The Morgan fingerprint density at radius 1 is 1.35 bits per heavy atom. The van der Waals surface area contributed by atoms with Crippen LogP contribution in [0.4, 0.5) is 0 Å². The van der Waals surface area contributed by atoms with E-state index < -0.39 is 0 Å². The van der Waals surface area contributed by atoms with Crippen LogP contribution in [0.3, 0.4) is 0 Å². The van der Waals surface area contributed by atoms with Crippen molar-refractivity contribution in [3.63, 3.8) is 0 Å². The van der Waals surface area contributed by atoms with Crippen molar-refractivity contribution < 1.29 is 9.47 Å². The molecule has 1 aromatic carbocycles. The number of nitrogens with one attached hydrogen (secondary N) is 1. The van der Waals surface area contributed by atoms with E-state index >= 15 is 0 Å². The van der Waals surface area contributed by atoms with Gasteiger partial charge in [-0.3, -0.25) is 4.99 Å². The average Bonchev–Trinajstić information content (AvgIpc) is 2.63. The predicted octanol–water partition coefficient (Wildman–Crippen LogP) is 3.52. The van der Waals surface area contributed by atoms with Crippen LogP contribution in [0.1, 0.15) is 32.3 Å². The SMILES string of the molecule is CN=C(NC1C2CCCOC2C1(C)C)N(C)Cc1ccc(OC)cc1.I. The second-order valence-corrected chi connectivity index (χ2v) is 7.79. The molecule has 3 rings (SSSR count). The molecule has 26 heavy (non-hydrogen) atoms. The lowest BCUT2D eigenvalue weighted by Gasteiger charge is -2.60. The smallest absolute Gasteiger partial charge is 0.193 e. The van der Waals surface area contributed by atoms with Crippen LogP contribution >= 0.6 is 24.0 Å². The van der Waals surface area contributed by atoms with Gasteiger partial charge in [0.15, 0.2) is 5.96 Å². The molecule has 5 nitrogen and oxygen atoms in total. The number of hydrogen-bond donors (Lipinski definition) is 1. The number of benzene rings is 1. The lowest BCUT2D eigenvalue weighted by Crippen LogP contribution is -2.71. The molecule has 6 heteroatoms. The quantitative estimate of drug-likeness (QED) is 0.413. The molecule has 1 aromatic rings. The third-order valence-corrected chi connectivity index (χ3v) is 5.77. The van der Waals surface area contributed by atoms with Crippen molar-refractivity contribution in [2.75, 3.05) is 27.8 Å². The molecule has 1 heterocycles. The minimum Gasteiger partial charge on any atom is -0.497 e. The third-order valence-electron chi connectivity index (χ3n) is 5.77. The first-order valence-corrected chi connectivity index (χ1v) is 9.16. The number of hydrogen-bond acceptors (Lipinski definition) is 3. The van der Waals surface area contributed by atoms with Gasteiger partial charge in [-0.05, 0) is 30.5 Å². The zero-order valence-corrected chi connectivity index (χ0v) is 18.8. The largest absolute Gasteiger partial charge is 0.497 e. The van der Waals surface area contributed by atoms with Crippen LogP contribution in [-0.4, -0.2) is 50.8 Å². The number of halogens is 1. The molecule has 1 saturated heterocycles. The number of ether oxygens (including phenoxy) is 2. The van der Waals surface area contributed by atoms with E-state index in [4.69, 9.17) is 9.47 Å². The van der Waals surface area contributed by atoms with Crippen LogP contribution in [0.5, 0.6) is 5.75 Å². The second kappa shape index (κ2) is 8.78. The van der Waals surface area contributed by atoms with Crippen molar-refractivity contribution in [3.05, 3.63) is 29.8 Å². The summed E-state index contributed by atoms with van der Waals surface area (Å²) in [5, 5.41) is 3.71. The number of guanidine groups is 1. The Kier molecular flexibility index (Phi) is 7.19. The van der Waals surface area contributed by atoms with Crippen molar-refractivity contribution >= 4 is 29.9 Å². The standard InChI is InChI=1S/C20H31N3O2.HI/c1-20(2)17(16-7-6-12-25-18(16)20)22-19(21-3)23(4)13-14-8-10-15(24-5)11-9-14;/h8-11,16-18H,6-7,12-13H2,1-5H3,(H,21,22);1H. The Hall–Kier alpha value is -1.02. The van der Waals surface area contributed by atoms with Gasteiger partial charge >= 0.3 is 0 Å². The first-order chi connectivity index (χ1) is 12.0. The minimum atomic E-state index is 0. The van der Waals surface area contributed by atoms with Gasteiger partial charge in [0.25, 0.3) is 0 Å². The van der Waals surface area contributed by atoms with Gasteiger partial charge in [-0.1, -0.05) is 26.0 Å². The summed E-state index contributed by atoms with van der Waals surface area (Å²) in [5.74, 6) is 2.42. The fourth-order valence-corrected chi connectivity index (χ4v) is 4.38. The van der Waals surface area contributed by atoms with Gasteiger partial charge in [0, 0.05) is 44.6 Å².